The molecule has 1 N–H and O–H groups in total. The zero-order valence-electron chi connectivity index (χ0n) is 12.8. The number of rotatable bonds is 6. The molecule has 0 unspecified atom stereocenters. The number of nitrogens with one attached hydrogen (secondary N) is 1. The fourth-order valence-corrected chi connectivity index (χ4v) is 4.94. The molecule has 0 fully saturated rings. The Morgan fingerprint density at radius 3 is 2.71 bits per heavy atom. The molecule has 0 radical (unpaired) electrons. The average Bonchev–Trinajstić information content (AvgIpc) is 3.16. The molecule has 3 rings (SSSR count). The first-order chi connectivity index (χ1) is 11.5. The Kier molecular flexibility index (Phi) is 5.09. The van der Waals surface area contributed by atoms with E-state index >= 15 is 0 Å². The van der Waals surface area contributed by atoms with Crippen molar-refractivity contribution in [2.75, 3.05) is 6.54 Å². The Morgan fingerprint density at radius 1 is 1.21 bits per heavy atom. The molecule has 3 aromatic rings. The van der Waals surface area contributed by atoms with Crippen LogP contribution in [0.4, 0.5) is 4.39 Å². The molecule has 0 spiro atoms. The maximum Gasteiger partial charge on any atom is 0.243 e. The van der Waals surface area contributed by atoms with Gasteiger partial charge in [-0.3, -0.25) is 0 Å². The average molecular weight is 383 g/mol. The summed E-state index contributed by atoms with van der Waals surface area (Å²) in [5.74, 6) is -0.748. The number of aryl methyl sites for hydroxylation is 1. The zero-order chi connectivity index (χ0) is 17.2. The molecule has 0 saturated heterocycles. The second-order valence-corrected chi connectivity index (χ2v) is 9.06. The van der Waals surface area contributed by atoms with Crippen molar-refractivity contribution in [3.8, 4) is 10.6 Å². The van der Waals surface area contributed by atoms with Crippen LogP contribution < -0.4 is 4.72 Å². The van der Waals surface area contributed by atoms with Gasteiger partial charge < -0.3 is 0 Å². The molecule has 2 aromatic heterocycles. The lowest BCUT2D eigenvalue weighted by atomic mass is 10.3. The summed E-state index contributed by atoms with van der Waals surface area (Å²) in [7, 11) is -3.83. The minimum Gasteiger partial charge on any atom is -0.241 e. The molecular formula is C16H15FN2O2S3. The minimum atomic E-state index is -3.83. The van der Waals surface area contributed by atoms with Crippen molar-refractivity contribution in [3.63, 3.8) is 0 Å². The summed E-state index contributed by atoms with van der Waals surface area (Å²) in [5.41, 5.74) is 0.945. The fourth-order valence-electron chi connectivity index (χ4n) is 2.18. The third-order valence-electron chi connectivity index (χ3n) is 3.32. The van der Waals surface area contributed by atoms with Crippen LogP contribution in [0, 0.1) is 12.7 Å². The zero-order valence-corrected chi connectivity index (χ0v) is 15.3. The van der Waals surface area contributed by atoms with E-state index in [0.29, 0.717) is 6.42 Å². The van der Waals surface area contributed by atoms with Crippen LogP contribution in [0.25, 0.3) is 10.6 Å². The Labute approximate surface area is 148 Å². The van der Waals surface area contributed by atoms with Crippen molar-refractivity contribution in [1.82, 2.24) is 9.71 Å². The summed E-state index contributed by atoms with van der Waals surface area (Å²) in [6.45, 7) is 2.17. The van der Waals surface area contributed by atoms with E-state index in [-0.39, 0.29) is 11.4 Å². The van der Waals surface area contributed by atoms with Gasteiger partial charge in [-0.25, -0.2) is 22.5 Å². The molecule has 0 amide bonds. The van der Waals surface area contributed by atoms with Crippen LogP contribution >= 0.6 is 22.7 Å². The number of nitrogens with zero attached hydrogens (tertiary/aromatic N) is 1. The van der Waals surface area contributed by atoms with Crippen molar-refractivity contribution in [2.24, 2.45) is 0 Å². The van der Waals surface area contributed by atoms with Gasteiger partial charge in [0.05, 0.1) is 15.6 Å². The maximum atomic E-state index is 13.6. The SMILES string of the molecule is Cc1nc(-c2ccc(CCNS(=O)(=O)c3ccccc3F)s2)cs1. The molecule has 0 bridgehead atoms. The van der Waals surface area contributed by atoms with Crippen molar-refractivity contribution in [1.29, 1.82) is 0 Å². The van der Waals surface area contributed by atoms with E-state index in [1.807, 2.05) is 24.4 Å². The highest BCUT2D eigenvalue weighted by Crippen LogP contribution is 2.29. The third kappa shape index (κ3) is 3.89. The molecule has 0 aliphatic rings. The third-order valence-corrected chi connectivity index (χ3v) is 6.76. The summed E-state index contributed by atoms with van der Waals surface area (Å²) in [5, 5.41) is 3.02. The van der Waals surface area contributed by atoms with E-state index < -0.39 is 15.8 Å². The highest BCUT2D eigenvalue weighted by molar-refractivity contribution is 7.89. The van der Waals surface area contributed by atoms with Gasteiger partial charge in [-0.1, -0.05) is 12.1 Å². The summed E-state index contributed by atoms with van der Waals surface area (Å²) in [6.07, 6.45) is 0.543. The van der Waals surface area contributed by atoms with Crippen LogP contribution in [0.3, 0.4) is 0 Å². The Morgan fingerprint density at radius 2 is 2.00 bits per heavy atom. The van der Waals surface area contributed by atoms with Crippen LogP contribution in [0.5, 0.6) is 0 Å². The van der Waals surface area contributed by atoms with E-state index in [4.69, 9.17) is 0 Å². The molecule has 4 nitrogen and oxygen atoms in total. The van der Waals surface area contributed by atoms with Gasteiger partial charge in [-0.15, -0.1) is 22.7 Å². The van der Waals surface area contributed by atoms with Gasteiger partial charge in [0.2, 0.25) is 10.0 Å². The molecule has 126 valence electrons. The largest absolute Gasteiger partial charge is 0.243 e. The number of hydrogen-bond acceptors (Lipinski definition) is 5. The number of thiazole rings is 1. The number of hydrogen-bond donors (Lipinski definition) is 1. The molecule has 0 aliphatic carbocycles. The van der Waals surface area contributed by atoms with Crippen molar-refractivity contribution in [2.45, 2.75) is 18.2 Å². The van der Waals surface area contributed by atoms with Crippen LogP contribution in [-0.2, 0) is 16.4 Å². The molecule has 2 heterocycles. The fraction of sp³-hybridized carbons (Fsp3) is 0.188. The number of halogens is 1. The molecule has 24 heavy (non-hydrogen) atoms. The number of benzene rings is 1. The predicted octanol–water partition coefficient (Wildman–Crippen LogP) is 3.84. The minimum absolute atomic E-state index is 0.215. The van der Waals surface area contributed by atoms with E-state index in [0.717, 1.165) is 26.5 Å². The molecule has 0 aliphatic heterocycles. The van der Waals surface area contributed by atoms with E-state index in [1.54, 1.807) is 22.7 Å². The van der Waals surface area contributed by atoms with Gasteiger partial charge in [0.15, 0.2) is 0 Å². The smallest absolute Gasteiger partial charge is 0.241 e. The monoisotopic (exact) mass is 382 g/mol. The molecule has 0 saturated carbocycles. The van der Waals surface area contributed by atoms with E-state index in [1.165, 1.54) is 18.2 Å². The number of aromatic nitrogens is 1. The second-order valence-electron chi connectivity index (χ2n) is 5.10. The Balaban J connectivity index is 1.63. The van der Waals surface area contributed by atoms with Gasteiger partial charge in [0.1, 0.15) is 10.7 Å². The Hall–Kier alpha value is -1.61. The lowest BCUT2D eigenvalue weighted by Gasteiger charge is -2.06. The lowest BCUT2D eigenvalue weighted by Crippen LogP contribution is -2.26. The number of sulfonamides is 1. The Bertz CT molecular complexity index is 948. The van der Waals surface area contributed by atoms with E-state index in [2.05, 4.69) is 9.71 Å². The summed E-state index contributed by atoms with van der Waals surface area (Å²) < 4.78 is 40.3. The lowest BCUT2D eigenvalue weighted by molar-refractivity contribution is 0.557. The first-order valence-corrected chi connectivity index (χ1v) is 10.4. The van der Waals surface area contributed by atoms with Crippen LogP contribution in [-0.4, -0.2) is 19.9 Å². The molecule has 1 aromatic carbocycles. The predicted molar refractivity (Wildman–Crippen MR) is 95.5 cm³/mol. The maximum absolute atomic E-state index is 13.6. The van der Waals surface area contributed by atoms with Crippen LogP contribution in [0.15, 0.2) is 46.7 Å². The molecule has 8 heteroatoms. The normalized spacial score (nSPS) is 11.8. The first kappa shape index (κ1) is 17.2. The quantitative estimate of drug-likeness (QED) is 0.705. The highest BCUT2D eigenvalue weighted by Gasteiger charge is 2.17. The topological polar surface area (TPSA) is 59.1 Å². The van der Waals surface area contributed by atoms with Gasteiger partial charge in [0.25, 0.3) is 0 Å². The summed E-state index contributed by atoms with van der Waals surface area (Å²) in [4.78, 5) is 6.22. The summed E-state index contributed by atoms with van der Waals surface area (Å²) in [6, 6.07) is 9.30. The van der Waals surface area contributed by atoms with Gasteiger partial charge >= 0.3 is 0 Å². The first-order valence-electron chi connectivity index (χ1n) is 7.21. The number of thiophene rings is 1. The van der Waals surface area contributed by atoms with Gasteiger partial charge in [-0.2, -0.15) is 0 Å². The van der Waals surface area contributed by atoms with Crippen molar-refractivity contribution in [3.05, 3.63) is 57.5 Å². The van der Waals surface area contributed by atoms with Gasteiger partial charge in [0, 0.05) is 16.8 Å². The molecular weight excluding hydrogens is 367 g/mol. The molecule has 0 atom stereocenters. The van der Waals surface area contributed by atoms with Crippen LogP contribution in [0.2, 0.25) is 0 Å². The van der Waals surface area contributed by atoms with E-state index in [9.17, 15) is 12.8 Å². The second kappa shape index (κ2) is 7.10. The standard InChI is InChI=1S/C16H15FN2O2S3/c1-11-19-14(10-22-11)15-7-6-12(23-15)8-9-18-24(20,21)16-5-3-2-4-13(16)17/h2-7,10,18H,8-9H2,1H3. The highest BCUT2D eigenvalue weighted by atomic mass is 32.2. The van der Waals surface area contributed by atoms with Crippen molar-refractivity contribution < 1.29 is 12.8 Å². The van der Waals surface area contributed by atoms with Crippen LogP contribution in [0.1, 0.15) is 9.88 Å². The summed E-state index contributed by atoms with van der Waals surface area (Å²) >= 11 is 3.18. The van der Waals surface area contributed by atoms with Crippen molar-refractivity contribution >= 4 is 32.7 Å². The van der Waals surface area contributed by atoms with Gasteiger partial charge in [-0.05, 0) is 37.6 Å².